The monoisotopic (exact) mass is 840 g/mol. The van der Waals surface area contributed by atoms with Crippen LogP contribution in [0.4, 0.5) is 28.4 Å². The van der Waals surface area contributed by atoms with Crippen molar-refractivity contribution in [2.45, 2.75) is 20.8 Å². The Hall–Kier alpha value is -8.20. The number of anilines is 5. The van der Waals surface area contributed by atoms with Gasteiger partial charge in [0.25, 0.3) is 0 Å². The van der Waals surface area contributed by atoms with Gasteiger partial charge in [0, 0.05) is 34.1 Å². The van der Waals surface area contributed by atoms with E-state index in [9.17, 15) is 0 Å². The van der Waals surface area contributed by atoms with E-state index in [1.807, 2.05) is 56.4 Å². The molecule has 0 radical (unpaired) electrons. The number of nitrogens with zero attached hydrogens (tertiary/aromatic N) is 2. The Morgan fingerprint density at radius 3 is 1.37 bits per heavy atom. The van der Waals surface area contributed by atoms with Crippen LogP contribution in [0.5, 0.6) is 0 Å². The molecule has 0 aliphatic heterocycles. The summed E-state index contributed by atoms with van der Waals surface area (Å²) in [5, 5.41) is 0. The molecule has 7 rings (SSSR count). The van der Waals surface area contributed by atoms with Gasteiger partial charge in [-0.3, -0.25) is 0 Å². The molecule has 0 saturated carbocycles. The van der Waals surface area contributed by atoms with Crippen LogP contribution in [-0.4, -0.2) is 0 Å². The molecule has 0 bridgehead atoms. The van der Waals surface area contributed by atoms with E-state index in [1.54, 1.807) is 0 Å². The highest BCUT2D eigenvalue weighted by molar-refractivity contribution is 5.86. The lowest BCUT2D eigenvalue weighted by Gasteiger charge is -2.28. The smallest absolute Gasteiger partial charge is 0.0467 e. The Morgan fingerprint density at radius 1 is 0.385 bits per heavy atom. The van der Waals surface area contributed by atoms with E-state index in [0.717, 1.165) is 84.2 Å². The molecule has 318 valence electrons. The number of hydrogen-bond donors (Lipinski definition) is 0. The third kappa shape index (κ3) is 10.9. The van der Waals surface area contributed by atoms with E-state index >= 15 is 0 Å². The minimum Gasteiger partial charge on any atom is -0.311 e. The summed E-state index contributed by atoms with van der Waals surface area (Å²) >= 11 is 0. The molecule has 0 aliphatic carbocycles. The predicted octanol–water partition coefficient (Wildman–Crippen LogP) is 18.1. The lowest BCUT2D eigenvalue weighted by Crippen LogP contribution is -2.15. The maximum Gasteiger partial charge on any atom is 0.0467 e. The van der Waals surface area contributed by atoms with Gasteiger partial charge in [-0.15, -0.1) is 0 Å². The summed E-state index contributed by atoms with van der Waals surface area (Å²) in [4.78, 5) is 4.63. The van der Waals surface area contributed by atoms with Crippen LogP contribution in [-0.2, 0) is 0 Å². The van der Waals surface area contributed by atoms with Crippen LogP contribution in [0.2, 0.25) is 0 Å². The first-order valence-corrected chi connectivity index (χ1v) is 22.1. The minimum atomic E-state index is 1.02. The van der Waals surface area contributed by atoms with Crippen molar-refractivity contribution >= 4 is 45.2 Å². The summed E-state index contributed by atoms with van der Waals surface area (Å²) < 4.78 is 0. The van der Waals surface area contributed by atoms with Crippen molar-refractivity contribution in [3.63, 3.8) is 0 Å². The summed E-state index contributed by atoms with van der Waals surface area (Å²) in [6, 6.07) is 64.7. The zero-order chi connectivity index (χ0) is 45.4. The molecule has 7 aromatic rings. The Bertz CT molecular complexity index is 2920. The van der Waals surface area contributed by atoms with Gasteiger partial charge in [0.15, 0.2) is 0 Å². The predicted molar refractivity (Wildman–Crippen MR) is 285 cm³/mol. The fourth-order valence-electron chi connectivity index (χ4n) is 7.90. The van der Waals surface area contributed by atoms with Gasteiger partial charge in [-0.25, -0.2) is 0 Å². The second kappa shape index (κ2) is 22.2. The van der Waals surface area contributed by atoms with Gasteiger partial charge in [-0.2, -0.15) is 0 Å². The summed E-state index contributed by atoms with van der Waals surface area (Å²) in [5.41, 5.74) is 17.3. The number of allylic oxidation sites excluding steroid dienone is 14. The van der Waals surface area contributed by atoms with Crippen molar-refractivity contribution in [2.24, 2.45) is 0 Å². The molecule has 0 aromatic heterocycles. The highest BCUT2D eigenvalue weighted by Crippen LogP contribution is 2.40. The zero-order valence-electron chi connectivity index (χ0n) is 37.7. The number of hydrogen-bond acceptors (Lipinski definition) is 2. The highest BCUT2D eigenvalue weighted by atomic mass is 15.1. The SMILES string of the molecule is C=C/C(=C\C(=C/C)N(c1ccc(-c2ccc(N(c3cccc(/C(C=C)=C/C=C\C)c3)c3cccc(-c4ccccc4)c3)cc2)cc1)c1cccc(/C(C=C)=C/C=C\C)c1)c1ccccc1. The molecule has 0 saturated heterocycles. The highest BCUT2D eigenvalue weighted by Gasteiger charge is 2.18. The Morgan fingerprint density at radius 2 is 0.831 bits per heavy atom. The first-order valence-electron chi connectivity index (χ1n) is 22.1. The fraction of sp³-hybridized carbons (Fsp3) is 0.0476. The third-order valence-corrected chi connectivity index (χ3v) is 11.2. The molecule has 0 unspecified atom stereocenters. The van der Waals surface area contributed by atoms with E-state index in [1.165, 1.54) is 5.56 Å². The van der Waals surface area contributed by atoms with Crippen LogP contribution < -0.4 is 9.80 Å². The summed E-state index contributed by atoms with van der Waals surface area (Å²) in [6.45, 7) is 18.6. The van der Waals surface area contributed by atoms with Crippen molar-refractivity contribution in [1.82, 2.24) is 0 Å². The molecule has 0 atom stereocenters. The van der Waals surface area contributed by atoms with E-state index in [4.69, 9.17) is 0 Å². The van der Waals surface area contributed by atoms with Crippen LogP contribution in [0, 0.1) is 0 Å². The molecule has 0 aliphatic rings. The van der Waals surface area contributed by atoms with Crippen LogP contribution >= 0.6 is 0 Å². The van der Waals surface area contributed by atoms with Gasteiger partial charge in [0.05, 0.1) is 0 Å². The van der Waals surface area contributed by atoms with E-state index < -0.39 is 0 Å². The Kier molecular flexibility index (Phi) is 15.3. The van der Waals surface area contributed by atoms with Crippen molar-refractivity contribution < 1.29 is 0 Å². The van der Waals surface area contributed by atoms with Gasteiger partial charge in [0.1, 0.15) is 0 Å². The molecular formula is C63H56N2. The van der Waals surface area contributed by atoms with Gasteiger partial charge >= 0.3 is 0 Å². The van der Waals surface area contributed by atoms with Gasteiger partial charge < -0.3 is 9.80 Å². The normalized spacial score (nSPS) is 12.4. The maximum atomic E-state index is 4.19. The van der Waals surface area contributed by atoms with Crippen LogP contribution in [0.3, 0.4) is 0 Å². The topological polar surface area (TPSA) is 6.48 Å². The fourth-order valence-corrected chi connectivity index (χ4v) is 7.90. The molecule has 0 heterocycles. The first-order chi connectivity index (χ1) is 32.0. The summed E-state index contributed by atoms with van der Waals surface area (Å²) in [5.74, 6) is 0. The standard InChI is InChI=1S/C63H56N2/c1-7-13-24-48(9-3)55-30-21-33-61(45-55)64(58(12-6)44-50(11-5)51-26-17-15-18-27-51)59-40-36-53(37-41-59)54-38-42-60(43-39-54)65(62-34-22-31-56(46-62)49(10-4)25-14-8-2)63-35-23-32-57(47-63)52-28-19-16-20-29-52/h7-47H,3-5H2,1-2,6H3/b13-7-,14-8-,48-24+,49-25+,50-44+,58-12+. The number of rotatable bonds is 17. The average Bonchev–Trinajstić information content (AvgIpc) is 3.37. The van der Waals surface area contributed by atoms with E-state index in [0.29, 0.717) is 0 Å². The molecule has 0 fully saturated rings. The van der Waals surface area contributed by atoms with Gasteiger partial charge in [-0.1, -0.05) is 202 Å². The second-order valence-corrected chi connectivity index (χ2v) is 15.4. The Labute approximate surface area is 387 Å². The first kappa shape index (κ1) is 44.8. The molecule has 65 heavy (non-hydrogen) atoms. The van der Waals surface area contributed by atoms with Crippen molar-refractivity contribution in [3.05, 3.63) is 291 Å². The van der Waals surface area contributed by atoms with Gasteiger partial charge in [0.2, 0.25) is 0 Å². The lowest BCUT2D eigenvalue weighted by molar-refractivity contribution is 1.20. The quantitative estimate of drug-likeness (QED) is 0.0843. The average molecular weight is 841 g/mol. The van der Waals surface area contributed by atoms with E-state index in [-0.39, 0.29) is 0 Å². The minimum absolute atomic E-state index is 1.02. The number of benzene rings is 7. The third-order valence-electron chi connectivity index (χ3n) is 11.2. The van der Waals surface area contributed by atoms with Crippen molar-refractivity contribution in [3.8, 4) is 22.3 Å². The largest absolute Gasteiger partial charge is 0.311 e. The van der Waals surface area contributed by atoms with Crippen LogP contribution in [0.25, 0.3) is 39.0 Å². The second-order valence-electron chi connectivity index (χ2n) is 15.4. The molecule has 2 heteroatoms. The molecule has 0 N–H and O–H groups in total. The Balaban J connectivity index is 1.28. The lowest BCUT2D eigenvalue weighted by atomic mass is 10.0. The van der Waals surface area contributed by atoms with Crippen molar-refractivity contribution in [2.75, 3.05) is 9.80 Å². The van der Waals surface area contributed by atoms with Crippen LogP contribution in [0.15, 0.2) is 274 Å². The van der Waals surface area contributed by atoms with Crippen LogP contribution in [0.1, 0.15) is 37.5 Å². The molecular weight excluding hydrogens is 785 g/mol. The van der Waals surface area contributed by atoms with Gasteiger partial charge in [-0.05, 0) is 143 Å². The summed E-state index contributed by atoms with van der Waals surface area (Å²) in [7, 11) is 0. The molecule has 7 aromatic carbocycles. The zero-order valence-corrected chi connectivity index (χ0v) is 37.7. The van der Waals surface area contributed by atoms with Crippen molar-refractivity contribution in [1.29, 1.82) is 0 Å². The van der Waals surface area contributed by atoms with E-state index in [2.05, 4.69) is 243 Å². The molecule has 2 nitrogen and oxygen atoms in total. The molecule has 0 amide bonds. The summed E-state index contributed by atoms with van der Waals surface area (Å²) in [6.07, 6.45) is 22.5. The maximum absolute atomic E-state index is 4.19. The molecule has 0 spiro atoms.